The Morgan fingerprint density at radius 2 is 1.88 bits per heavy atom. The monoisotopic (exact) mass is 354 g/mol. The summed E-state index contributed by atoms with van der Waals surface area (Å²) < 4.78 is 5.24. The molecule has 0 spiro atoms. The Hall–Kier alpha value is -1.59. The number of amides is 2. The van der Waals surface area contributed by atoms with Crippen LogP contribution in [0.2, 0.25) is 5.02 Å². The SMILES string of the molecule is CCOCCCNC(=O)C(CC(C)C)NC(=O)c1ccc(Cl)cc1. The van der Waals surface area contributed by atoms with Crippen molar-refractivity contribution in [3.05, 3.63) is 34.9 Å². The maximum Gasteiger partial charge on any atom is 0.251 e. The third-order valence-corrected chi connectivity index (χ3v) is 3.66. The zero-order chi connectivity index (χ0) is 17.9. The van der Waals surface area contributed by atoms with Crippen molar-refractivity contribution in [3.63, 3.8) is 0 Å². The van der Waals surface area contributed by atoms with Gasteiger partial charge in [0, 0.05) is 30.3 Å². The molecule has 1 aromatic rings. The van der Waals surface area contributed by atoms with Gasteiger partial charge in [-0.25, -0.2) is 0 Å². The first-order chi connectivity index (χ1) is 11.4. The fourth-order valence-electron chi connectivity index (χ4n) is 2.20. The third kappa shape index (κ3) is 7.79. The molecule has 1 rings (SSSR count). The summed E-state index contributed by atoms with van der Waals surface area (Å²) in [5, 5.41) is 6.24. The van der Waals surface area contributed by atoms with Crippen molar-refractivity contribution in [3.8, 4) is 0 Å². The largest absolute Gasteiger partial charge is 0.382 e. The Bertz CT molecular complexity index is 518. The lowest BCUT2D eigenvalue weighted by Crippen LogP contribution is -2.47. The summed E-state index contributed by atoms with van der Waals surface area (Å²) in [6.45, 7) is 7.78. The van der Waals surface area contributed by atoms with Crippen LogP contribution in [0.3, 0.4) is 0 Å². The number of rotatable bonds is 10. The van der Waals surface area contributed by atoms with Gasteiger partial charge in [0.05, 0.1) is 0 Å². The number of carbonyl (C=O) groups is 2. The van der Waals surface area contributed by atoms with Crippen LogP contribution in [0.4, 0.5) is 0 Å². The second-order valence-electron chi connectivity index (χ2n) is 6.00. The maximum atomic E-state index is 12.3. The average molecular weight is 355 g/mol. The molecule has 0 radical (unpaired) electrons. The number of nitrogens with one attached hydrogen (secondary N) is 2. The van der Waals surface area contributed by atoms with Crippen molar-refractivity contribution in [2.45, 2.75) is 39.7 Å². The van der Waals surface area contributed by atoms with Crippen molar-refractivity contribution in [1.29, 1.82) is 0 Å². The van der Waals surface area contributed by atoms with E-state index in [2.05, 4.69) is 10.6 Å². The van der Waals surface area contributed by atoms with Gasteiger partial charge >= 0.3 is 0 Å². The van der Waals surface area contributed by atoms with Gasteiger partial charge in [-0.3, -0.25) is 9.59 Å². The molecule has 0 saturated heterocycles. The summed E-state index contributed by atoms with van der Waals surface area (Å²) in [7, 11) is 0. The number of hydrogen-bond donors (Lipinski definition) is 2. The van der Waals surface area contributed by atoms with Gasteiger partial charge in [-0.2, -0.15) is 0 Å². The predicted molar refractivity (Wildman–Crippen MR) is 96.3 cm³/mol. The van der Waals surface area contributed by atoms with Gasteiger partial charge in [-0.1, -0.05) is 25.4 Å². The lowest BCUT2D eigenvalue weighted by atomic mass is 10.0. The van der Waals surface area contributed by atoms with Crippen LogP contribution in [0, 0.1) is 5.92 Å². The lowest BCUT2D eigenvalue weighted by molar-refractivity contribution is -0.123. The number of ether oxygens (including phenoxy) is 1. The van der Waals surface area contributed by atoms with E-state index in [0.29, 0.717) is 36.8 Å². The number of benzene rings is 1. The van der Waals surface area contributed by atoms with Crippen molar-refractivity contribution in [1.82, 2.24) is 10.6 Å². The van der Waals surface area contributed by atoms with Crippen LogP contribution in [-0.4, -0.2) is 37.6 Å². The van der Waals surface area contributed by atoms with E-state index in [0.717, 1.165) is 6.42 Å². The minimum atomic E-state index is -0.555. The molecular weight excluding hydrogens is 328 g/mol. The minimum Gasteiger partial charge on any atom is -0.382 e. The van der Waals surface area contributed by atoms with Gasteiger partial charge in [-0.15, -0.1) is 0 Å². The van der Waals surface area contributed by atoms with Gasteiger partial charge in [0.1, 0.15) is 6.04 Å². The van der Waals surface area contributed by atoms with E-state index in [9.17, 15) is 9.59 Å². The molecule has 24 heavy (non-hydrogen) atoms. The lowest BCUT2D eigenvalue weighted by Gasteiger charge is -2.20. The molecule has 0 saturated carbocycles. The highest BCUT2D eigenvalue weighted by Gasteiger charge is 2.22. The number of carbonyl (C=O) groups excluding carboxylic acids is 2. The molecule has 1 unspecified atom stereocenters. The van der Waals surface area contributed by atoms with Crippen molar-refractivity contribution < 1.29 is 14.3 Å². The van der Waals surface area contributed by atoms with E-state index < -0.39 is 6.04 Å². The summed E-state index contributed by atoms with van der Waals surface area (Å²) in [6.07, 6.45) is 1.33. The summed E-state index contributed by atoms with van der Waals surface area (Å²) in [6, 6.07) is 6.04. The fourth-order valence-corrected chi connectivity index (χ4v) is 2.33. The second-order valence-corrected chi connectivity index (χ2v) is 6.44. The van der Waals surface area contributed by atoms with E-state index in [1.165, 1.54) is 0 Å². The summed E-state index contributed by atoms with van der Waals surface area (Å²) in [4.78, 5) is 24.7. The topological polar surface area (TPSA) is 67.4 Å². The fraction of sp³-hybridized carbons (Fsp3) is 0.556. The Morgan fingerprint density at radius 1 is 1.21 bits per heavy atom. The molecule has 0 aliphatic carbocycles. The average Bonchev–Trinajstić information content (AvgIpc) is 2.54. The second kappa shape index (κ2) is 11.0. The highest BCUT2D eigenvalue weighted by molar-refractivity contribution is 6.30. The van der Waals surface area contributed by atoms with Crippen LogP contribution in [0.5, 0.6) is 0 Å². The minimum absolute atomic E-state index is 0.164. The van der Waals surface area contributed by atoms with Gasteiger partial charge in [0.2, 0.25) is 5.91 Å². The van der Waals surface area contributed by atoms with E-state index in [1.54, 1.807) is 24.3 Å². The van der Waals surface area contributed by atoms with Crippen LogP contribution >= 0.6 is 11.6 Å². The van der Waals surface area contributed by atoms with E-state index in [1.807, 2.05) is 20.8 Å². The molecule has 2 N–H and O–H groups in total. The molecular formula is C18H27ClN2O3. The Balaban J connectivity index is 2.58. The summed E-state index contributed by atoms with van der Waals surface area (Å²) >= 11 is 5.83. The molecule has 5 nitrogen and oxygen atoms in total. The molecule has 0 aromatic heterocycles. The first kappa shape index (κ1) is 20.5. The molecule has 0 bridgehead atoms. The van der Waals surface area contributed by atoms with Crippen LogP contribution in [0.15, 0.2) is 24.3 Å². The molecule has 0 heterocycles. The summed E-state index contributed by atoms with van der Waals surface area (Å²) in [5.74, 6) is -0.154. The molecule has 1 aromatic carbocycles. The molecule has 0 fully saturated rings. The Morgan fingerprint density at radius 3 is 2.46 bits per heavy atom. The van der Waals surface area contributed by atoms with Gasteiger partial charge in [0.15, 0.2) is 0 Å². The van der Waals surface area contributed by atoms with E-state index in [-0.39, 0.29) is 17.7 Å². The number of halogens is 1. The number of hydrogen-bond acceptors (Lipinski definition) is 3. The first-order valence-electron chi connectivity index (χ1n) is 8.36. The first-order valence-corrected chi connectivity index (χ1v) is 8.73. The van der Waals surface area contributed by atoms with E-state index >= 15 is 0 Å². The zero-order valence-electron chi connectivity index (χ0n) is 14.6. The van der Waals surface area contributed by atoms with Crippen LogP contribution in [-0.2, 0) is 9.53 Å². The zero-order valence-corrected chi connectivity index (χ0v) is 15.4. The Kier molecular flexibility index (Phi) is 9.42. The predicted octanol–water partition coefficient (Wildman–Crippen LogP) is 3.03. The summed E-state index contributed by atoms with van der Waals surface area (Å²) in [5.41, 5.74) is 0.484. The molecule has 134 valence electrons. The standard InChI is InChI=1S/C18H27ClN2O3/c1-4-24-11-5-10-20-18(23)16(12-13(2)3)21-17(22)14-6-8-15(19)9-7-14/h6-9,13,16H,4-5,10-12H2,1-3H3,(H,20,23)(H,21,22). The smallest absolute Gasteiger partial charge is 0.251 e. The molecule has 6 heteroatoms. The molecule has 2 amide bonds. The van der Waals surface area contributed by atoms with Crippen LogP contribution in [0.25, 0.3) is 0 Å². The third-order valence-electron chi connectivity index (χ3n) is 3.40. The highest BCUT2D eigenvalue weighted by atomic mass is 35.5. The molecule has 0 aliphatic heterocycles. The van der Waals surface area contributed by atoms with Gasteiger partial charge < -0.3 is 15.4 Å². The molecule has 0 aliphatic rings. The normalized spacial score (nSPS) is 12.0. The maximum absolute atomic E-state index is 12.3. The van der Waals surface area contributed by atoms with Crippen molar-refractivity contribution in [2.75, 3.05) is 19.8 Å². The van der Waals surface area contributed by atoms with Crippen LogP contribution < -0.4 is 10.6 Å². The van der Waals surface area contributed by atoms with E-state index in [4.69, 9.17) is 16.3 Å². The van der Waals surface area contributed by atoms with Crippen molar-refractivity contribution in [2.24, 2.45) is 5.92 Å². The van der Waals surface area contributed by atoms with Crippen LogP contribution in [0.1, 0.15) is 44.0 Å². The van der Waals surface area contributed by atoms with Crippen molar-refractivity contribution >= 4 is 23.4 Å². The Labute approximate surface area is 149 Å². The quantitative estimate of drug-likeness (QED) is 0.635. The molecule has 1 atom stereocenters. The highest BCUT2D eigenvalue weighted by Crippen LogP contribution is 2.11. The van der Waals surface area contributed by atoms with Gasteiger partial charge in [0.25, 0.3) is 5.91 Å². The van der Waals surface area contributed by atoms with Gasteiger partial charge in [-0.05, 0) is 49.9 Å².